The Kier molecular flexibility index (Phi) is 12.0. The minimum Gasteiger partial charge on any atom is -0.377 e. The zero-order chi connectivity index (χ0) is 19.5. The molecule has 1 fully saturated rings. The molecule has 1 aliphatic rings. The smallest absolute Gasteiger partial charge is 0.213 e. The fourth-order valence-corrected chi connectivity index (χ4v) is 3.85. The van der Waals surface area contributed by atoms with Crippen LogP contribution in [0.2, 0.25) is 0 Å². The number of aliphatic imine (C=N–C) groups is 1. The standard InChI is InChI=1S/C19H32N4O3S.HI/c1-3-20-19(23(2)16-17-9-5-4-6-10-17)21-12-14-27(24,25)22-15-18-11-7-8-13-26-18;/h4-6,9-10,18,22H,3,7-8,11-16H2,1-2H3,(H,20,21);1H. The van der Waals surface area contributed by atoms with Crippen molar-refractivity contribution in [1.29, 1.82) is 0 Å². The predicted molar refractivity (Wildman–Crippen MR) is 125 cm³/mol. The number of rotatable bonds is 9. The molecule has 0 bridgehead atoms. The van der Waals surface area contributed by atoms with Crippen molar-refractivity contribution in [2.45, 2.75) is 38.8 Å². The van der Waals surface area contributed by atoms with Crippen LogP contribution in [0.1, 0.15) is 31.7 Å². The van der Waals surface area contributed by atoms with Crippen molar-refractivity contribution in [2.24, 2.45) is 4.99 Å². The fraction of sp³-hybridized carbons (Fsp3) is 0.632. The lowest BCUT2D eigenvalue weighted by Crippen LogP contribution is -2.39. The summed E-state index contributed by atoms with van der Waals surface area (Å²) in [6, 6.07) is 10.1. The lowest BCUT2D eigenvalue weighted by atomic mass is 10.1. The number of nitrogens with one attached hydrogen (secondary N) is 2. The topological polar surface area (TPSA) is 83.0 Å². The van der Waals surface area contributed by atoms with Crippen LogP contribution in [0.3, 0.4) is 0 Å². The van der Waals surface area contributed by atoms with E-state index < -0.39 is 10.0 Å². The molecule has 7 nitrogen and oxygen atoms in total. The van der Waals surface area contributed by atoms with Crippen molar-refractivity contribution in [3.63, 3.8) is 0 Å². The van der Waals surface area contributed by atoms with Gasteiger partial charge in [-0.25, -0.2) is 13.1 Å². The highest BCUT2D eigenvalue weighted by molar-refractivity contribution is 14.0. The van der Waals surface area contributed by atoms with E-state index in [9.17, 15) is 8.42 Å². The van der Waals surface area contributed by atoms with Crippen molar-refractivity contribution >= 4 is 40.0 Å². The van der Waals surface area contributed by atoms with Crippen molar-refractivity contribution in [3.8, 4) is 0 Å². The Bertz CT molecular complexity index is 680. The zero-order valence-electron chi connectivity index (χ0n) is 16.8. The van der Waals surface area contributed by atoms with Crippen LogP contribution in [0.4, 0.5) is 0 Å². The lowest BCUT2D eigenvalue weighted by Gasteiger charge is -2.23. The van der Waals surface area contributed by atoms with Gasteiger partial charge in [-0.15, -0.1) is 24.0 Å². The summed E-state index contributed by atoms with van der Waals surface area (Å²) in [6.45, 7) is 4.70. The summed E-state index contributed by atoms with van der Waals surface area (Å²) in [5, 5.41) is 3.21. The third kappa shape index (κ3) is 9.53. The van der Waals surface area contributed by atoms with Gasteiger partial charge in [0.1, 0.15) is 0 Å². The molecular formula is C19H33IN4O3S. The van der Waals surface area contributed by atoms with Crippen molar-refractivity contribution < 1.29 is 13.2 Å². The largest absolute Gasteiger partial charge is 0.377 e. The summed E-state index contributed by atoms with van der Waals surface area (Å²) in [6.07, 6.45) is 3.06. The first-order valence-electron chi connectivity index (χ1n) is 9.62. The SMILES string of the molecule is CCNC(=NCCS(=O)(=O)NCC1CCCCO1)N(C)Cc1ccccc1.I. The highest BCUT2D eigenvalue weighted by atomic mass is 127. The molecule has 1 aliphatic heterocycles. The zero-order valence-corrected chi connectivity index (χ0v) is 19.9. The van der Waals surface area contributed by atoms with Crippen molar-refractivity contribution in [1.82, 2.24) is 14.9 Å². The fourth-order valence-electron chi connectivity index (χ4n) is 2.93. The molecule has 1 heterocycles. The van der Waals surface area contributed by atoms with Crippen LogP contribution in [0.5, 0.6) is 0 Å². The maximum absolute atomic E-state index is 12.2. The Morgan fingerprint density at radius 3 is 2.68 bits per heavy atom. The average Bonchev–Trinajstić information content (AvgIpc) is 2.67. The molecule has 0 spiro atoms. The van der Waals surface area contributed by atoms with Gasteiger partial charge >= 0.3 is 0 Å². The maximum Gasteiger partial charge on any atom is 0.213 e. The summed E-state index contributed by atoms with van der Waals surface area (Å²) in [7, 11) is -1.41. The van der Waals surface area contributed by atoms with Gasteiger partial charge in [-0.05, 0) is 31.7 Å². The molecular weight excluding hydrogens is 491 g/mol. The highest BCUT2D eigenvalue weighted by Crippen LogP contribution is 2.11. The first-order valence-corrected chi connectivity index (χ1v) is 11.3. The van der Waals surface area contributed by atoms with Gasteiger partial charge in [-0.2, -0.15) is 0 Å². The van der Waals surface area contributed by atoms with Crippen LogP contribution in [0.25, 0.3) is 0 Å². The summed E-state index contributed by atoms with van der Waals surface area (Å²) in [5.41, 5.74) is 1.17. The second-order valence-corrected chi connectivity index (χ2v) is 8.66. The molecule has 1 unspecified atom stereocenters. The third-order valence-corrected chi connectivity index (χ3v) is 5.71. The van der Waals surface area contributed by atoms with E-state index in [0.29, 0.717) is 19.0 Å². The molecule has 1 saturated heterocycles. The summed E-state index contributed by atoms with van der Waals surface area (Å²) in [5.74, 6) is 0.667. The molecule has 1 aromatic rings. The Hall–Kier alpha value is -0.910. The normalized spacial score (nSPS) is 17.6. The van der Waals surface area contributed by atoms with Crippen LogP contribution in [-0.4, -0.2) is 64.4 Å². The van der Waals surface area contributed by atoms with E-state index in [2.05, 4.69) is 27.2 Å². The molecule has 1 atom stereocenters. The number of halogens is 1. The molecule has 2 N–H and O–H groups in total. The summed E-state index contributed by atoms with van der Waals surface area (Å²) < 4.78 is 32.6. The van der Waals surface area contributed by atoms with Gasteiger partial charge in [0.25, 0.3) is 0 Å². The minimum atomic E-state index is -3.36. The van der Waals surface area contributed by atoms with E-state index in [-0.39, 0.29) is 42.4 Å². The first-order chi connectivity index (χ1) is 13.0. The van der Waals surface area contributed by atoms with Gasteiger partial charge in [0.05, 0.1) is 18.4 Å². The number of guanidine groups is 1. The molecule has 28 heavy (non-hydrogen) atoms. The number of benzene rings is 1. The molecule has 0 aliphatic carbocycles. The van der Waals surface area contributed by atoms with Crippen molar-refractivity contribution in [3.05, 3.63) is 35.9 Å². The number of nitrogens with zero attached hydrogens (tertiary/aromatic N) is 2. The number of hydrogen-bond acceptors (Lipinski definition) is 4. The molecule has 2 rings (SSSR count). The van der Waals surface area contributed by atoms with Gasteiger partial charge < -0.3 is 15.0 Å². The predicted octanol–water partition coefficient (Wildman–Crippen LogP) is 2.19. The third-order valence-electron chi connectivity index (χ3n) is 4.39. The summed E-state index contributed by atoms with van der Waals surface area (Å²) >= 11 is 0. The van der Waals surface area contributed by atoms with Crippen LogP contribution >= 0.6 is 24.0 Å². The van der Waals surface area contributed by atoms with E-state index >= 15 is 0 Å². The number of hydrogen-bond donors (Lipinski definition) is 2. The molecule has 0 saturated carbocycles. The second kappa shape index (κ2) is 13.3. The molecule has 9 heteroatoms. The van der Waals surface area contributed by atoms with Gasteiger partial charge in [-0.1, -0.05) is 30.3 Å². The van der Waals surface area contributed by atoms with Crippen LogP contribution in [0.15, 0.2) is 35.3 Å². The van der Waals surface area contributed by atoms with Crippen LogP contribution in [0, 0.1) is 0 Å². The second-order valence-electron chi connectivity index (χ2n) is 6.73. The molecule has 1 aromatic carbocycles. The lowest BCUT2D eigenvalue weighted by molar-refractivity contribution is 0.0200. The Morgan fingerprint density at radius 2 is 2.04 bits per heavy atom. The van der Waals surface area contributed by atoms with Crippen LogP contribution in [-0.2, 0) is 21.3 Å². The van der Waals surface area contributed by atoms with Crippen LogP contribution < -0.4 is 10.0 Å². The van der Waals surface area contributed by atoms with E-state index in [1.54, 1.807) is 0 Å². The highest BCUT2D eigenvalue weighted by Gasteiger charge is 2.17. The first kappa shape index (κ1) is 25.1. The van der Waals surface area contributed by atoms with Gasteiger partial charge in [0, 0.05) is 33.3 Å². The molecule has 0 radical (unpaired) electrons. The molecule has 0 amide bonds. The Morgan fingerprint density at radius 1 is 1.29 bits per heavy atom. The Labute approximate surface area is 186 Å². The monoisotopic (exact) mass is 524 g/mol. The van der Waals surface area contributed by atoms with Gasteiger partial charge in [-0.3, -0.25) is 4.99 Å². The molecule has 0 aromatic heterocycles. The van der Waals surface area contributed by atoms with E-state index in [0.717, 1.165) is 32.4 Å². The van der Waals surface area contributed by atoms with E-state index in [1.165, 1.54) is 5.56 Å². The van der Waals surface area contributed by atoms with Crippen molar-refractivity contribution in [2.75, 3.05) is 39.0 Å². The minimum absolute atomic E-state index is 0. The van der Waals surface area contributed by atoms with Gasteiger partial charge in [0.15, 0.2) is 5.96 Å². The maximum atomic E-state index is 12.2. The van der Waals surface area contributed by atoms with Gasteiger partial charge in [0.2, 0.25) is 10.0 Å². The molecule has 160 valence electrons. The summed E-state index contributed by atoms with van der Waals surface area (Å²) in [4.78, 5) is 6.47. The Balaban J connectivity index is 0.00000392. The van der Waals surface area contributed by atoms with E-state index in [4.69, 9.17) is 4.74 Å². The van der Waals surface area contributed by atoms with E-state index in [1.807, 2.05) is 37.1 Å². The average molecular weight is 524 g/mol. The number of ether oxygens (including phenoxy) is 1. The number of sulfonamides is 1. The quantitative estimate of drug-likeness (QED) is 0.294.